The largest absolute Gasteiger partial charge is 0.485 e. The minimum absolute atomic E-state index is 0.00474. The van der Waals surface area contributed by atoms with Gasteiger partial charge in [-0.15, -0.1) is 5.10 Å². The predicted molar refractivity (Wildman–Crippen MR) is 232 cm³/mol. The number of urea groups is 1. The van der Waals surface area contributed by atoms with Crippen molar-refractivity contribution >= 4 is 73.3 Å². The van der Waals surface area contributed by atoms with Crippen LogP contribution >= 0.6 is 0 Å². The number of ether oxygens (including phenoxy) is 1. The van der Waals surface area contributed by atoms with Crippen molar-refractivity contribution < 1.29 is 27.1 Å². The van der Waals surface area contributed by atoms with Crippen molar-refractivity contribution in [1.29, 1.82) is 5.41 Å². The fourth-order valence-corrected chi connectivity index (χ4v) is 9.12. The topological polar surface area (TPSA) is 222 Å². The van der Waals surface area contributed by atoms with E-state index < -0.39 is 21.7 Å². The maximum Gasteiger partial charge on any atom is 0.329 e. The molecule has 3 amide bonds. The summed E-state index contributed by atoms with van der Waals surface area (Å²) in [6.45, 7) is 10.8. The average Bonchev–Trinajstić information content (AvgIpc) is 3.80. The number of piperazine rings is 1. The number of halogens is 1. The Kier molecular flexibility index (Phi) is 10.9. The molecule has 3 aromatic carbocycles. The third-order valence-electron chi connectivity index (χ3n) is 11.0. The molecule has 6 aromatic rings. The number of carbonyl (C=O) groups is 2. The van der Waals surface area contributed by atoms with Gasteiger partial charge in [0.1, 0.15) is 17.8 Å². The lowest BCUT2D eigenvalue weighted by molar-refractivity contribution is -0.120. The summed E-state index contributed by atoms with van der Waals surface area (Å²) in [5.74, 6) is -0.384. The molecule has 2 fully saturated rings. The molecule has 0 unspecified atom stereocenters. The van der Waals surface area contributed by atoms with Gasteiger partial charge in [0.05, 0.1) is 27.1 Å². The molecule has 5 N–H and O–H groups in total. The predicted octanol–water partition coefficient (Wildman–Crippen LogP) is 5.01. The SMILES string of the molecule is CC(C)Oc1c(/C(C=N)=C/N)ncn2nc(Nc3ccc(S(=O)(=O)c4cccc(CN5CCN(c6ccc7c(N8CCC(=O)NC8=O)nn(C)c7c6)CC5(C)C)c4)cc3F)nc12. The first kappa shape index (κ1) is 41.8. The highest BCUT2D eigenvalue weighted by Gasteiger charge is 2.35. The summed E-state index contributed by atoms with van der Waals surface area (Å²) in [6, 6.07) is 15.9. The lowest BCUT2D eigenvalue weighted by Crippen LogP contribution is -2.58. The van der Waals surface area contributed by atoms with Crippen LogP contribution in [0.3, 0.4) is 0 Å². The number of nitrogens with two attached hydrogens (primary N) is 1. The van der Waals surface area contributed by atoms with Crippen molar-refractivity contribution in [3.8, 4) is 5.75 Å². The molecule has 0 spiro atoms. The second-order valence-corrected chi connectivity index (χ2v) is 18.0. The van der Waals surface area contributed by atoms with E-state index in [1.165, 1.54) is 40.1 Å². The van der Waals surface area contributed by atoms with Gasteiger partial charge in [0.25, 0.3) is 0 Å². The van der Waals surface area contributed by atoms with Gasteiger partial charge in [-0.25, -0.2) is 22.6 Å². The van der Waals surface area contributed by atoms with Crippen molar-refractivity contribution in [2.45, 2.75) is 62.1 Å². The molecule has 18 nitrogen and oxygen atoms in total. The fraction of sp³-hybridized carbons (Fsp3) is 0.310. The van der Waals surface area contributed by atoms with Crippen molar-refractivity contribution in [3.05, 3.63) is 90.3 Å². The summed E-state index contributed by atoms with van der Waals surface area (Å²) in [5.41, 5.74) is 8.85. The van der Waals surface area contributed by atoms with Gasteiger partial charge in [0.15, 0.2) is 11.6 Å². The number of amides is 3. The van der Waals surface area contributed by atoms with E-state index in [-0.39, 0.29) is 63.3 Å². The summed E-state index contributed by atoms with van der Waals surface area (Å²) in [4.78, 5) is 39.0. The first-order valence-corrected chi connectivity index (χ1v) is 21.4. The third-order valence-corrected chi connectivity index (χ3v) is 12.7. The van der Waals surface area contributed by atoms with Gasteiger partial charge in [-0.1, -0.05) is 12.1 Å². The second-order valence-electron chi connectivity index (χ2n) is 16.0. The molecule has 0 saturated carbocycles. The number of rotatable bonds is 12. The highest BCUT2D eigenvalue weighted by Crippen LogP contribution is 2.34. The lowest BCUT2D eigenvalue weighted by atomic mass is 9.97. The van der Waals surface area contributed by atoms with Crippen LogP contribution in [0, 0.1) is 11.2 Å². The zero-order chi connectivity index (χ0) is 44.1. The maximum absolute atomic E-state index is 15.7. The van der Waals surface area contributed by atoms with Crippen LogP contribution in [0.5, 0.6) is 5.75 Å². The van der Waals surface area contributed by atoms with E-state index in [4.69, 9.17) is 15.9 Å². The molecular formula is C42H46FN13O5S. The first-order chi connectivity index (χ1) is 29.6. The van der Waals surface area contributed by atoms with Gasteiger partial charge >= 0.3 is 6.03 Å². The van der Waals surface area contributed by atoms with Crippen LogP contribution in [0.15, 0.2) is 83.0 Å². The summed E-state index contributed by atoms with van der Waals surface area (Å²) in [5, 5.41) is 22.7. The summed E-state index contributed by atoms with van der Waals surface area (Å²) in [6.07, 6.45) is 3.58. The van der Waals surface area contributed by atoms with E-state index in [0.29, 0.717) is 43.3 Å². The number of hydrogen-bond donors (Lipinski definition) is 4. The van der Waals surface area contributed by atoms with Crippen LogP contribution in [-0.2, 0) is 28.2 Å². The molecule has 0 aliphatic carbocycles. The van der Waals surface area contributed by atoms with Gasteiger partial charge in [0, 0.05) is 80.8 Å². The zero-order valence-corrected chi connectivity index (χ0v) is 35.6. The van der Waals surface area contributed by atoms with Crippen LogP contribution in [0.25, 0.3) is 22.1 Å². The van der Waals surface area contributed by atoms with Gasteiger partial charge in [-0.2, -0.15) is 14.6 Å². The minimum atomic E-state index is -4.11. The highest BCUT2D eigenvalue weighted by atomic mass is 32.2. The number of anilines is 4. The molecule has 3 aromatic heterocycles. The molecule has 5 heterocycles. The van der Waals surface area contributed by atoms with Crippen molar-refractivity contribution in [2.24, 2.45) is 12.8 Å². The Balaban J connectivity index is 0.958. The highest BCUT2D eigenvalue weighted by molar-refractivity contribution is 7.91. The zero-order valence-electron chi connectivity index (χ0n) is 34.8. The van der Waals surface area contributed by atoms with Crippen LogP contribution < -0.4 is 30.9 Å². The molecule has 8 rings (SSSR count). The Morgan fingerprint density at radius 1 is 1.06 bits per heavy atom. The lowest BCUT2D eigenvalue weighted by Gasteiger charge is -2.48. The Labute approximate surface area is 356 Å². The summed E-state index contributed by atoms with van der Waals surface area (Å²) >= 11 is 0. The molecule has 62 heavy (non-hydrogen) atoms. The molecule has 2 saturated heterocycles. The number of carbonyl (C=O) groups excluding carboxylic acids is 2. The fourth-order valence-electron chi connectivity index (χ4n) is 7.78. The molecule has 322 valence electrons. The number of fused-ring (bicyclic) bond motifs is 2. The first-order valence-electron chi connectivity index (χ1n) is 19.9. The van der Waals surface area contributed by atoms with Crippen LogP contribution in [0.4, 0.5) is 32.3 Å². The maximum atomic E-state index is 15.7. The quantitative estimate of drug-likeness (QED) is 0.119. The summed E-state index contributed by atoms with van der Waals surface area (Å²) in [7, 11) is -2.28. The monoisotopic (exact) mass is 863 g/mol. The second kappa shape index (κ2) is 16.2. The number of aryl methyl sites for hydroxylation is 1. The van der Waals surface area contributed by atoms with Crippen LogP contribution in [0.1, 0.15) is 45.4 Å². The Morgan fingerprint density at radius 2 is 1.85 bits per heavy atom. The molecule has 2 aliphatic rings. The van der Waals surface area contributed by atoms with E-state index in [1.54, 1.807) is 16.8 Å². The molecule has 0 bridgehead atoms. The van der Waals surface area contributed by atoms with E-state index in [9.17, 15) is 18.0 Å². The molecular weight excluding hydrogens is 818 g/mol. The standard InChI is InChI=1S/C42H46FN13O5S/c1-25(2)61-37-36(27(20-44)21-45)46-24-56-39(37)49-40(51-56)47-33-12-10-30(19-32(33)43)62(59,60)29-8-6-7-26(17-29)22-54-16-15-53(23-42(54,3)4)28-9-11-31-34(18-28)52(5)50-38(31)55-14-13-35(57)48-41(55)58/h6-12,17-21,24-25,44H,13-16,22-23,45H2,1-5H3,(H,47,51)(H,48,57,58)/b27-21+,44-20?. The summed E-state index contributed by atoms with van der Waals surface area (Å²) < 4.78 is 52.5. The van der Waals surface area contributed by atoms with E-state index in [0.717, 1.165) is 34.4 Å². The minimum Gasteiger partial charge on any atom is -0.485 e. The molecule has 20 heteroatoms. The van der Waals surface area contributed by atoms with E-state index >= 15 is 4.39 Å². The van der Waals surface area contributed by atoms with E-state index in [2.05, 4.69) is 60.5 Å². The average molecular weight is 864 g/mol. The van der Waals surface area contributed by atoms with Crippen LogP contribution in [0.2, 0.25) is 0 Å². The Hall–Kier alpha value is -6.93. The number of imide groups is 1. The number of allylic oxidation sites excluding steroid dienone is 1. The number of sulfone groups is 1. The normalized spacial score (nSPS) is 16.3. The van der Waals surface area contributed by atoms with Gasteiger partial charge in [0.2, 0.25) is 27.3 Å². The number of benzene rings is 3. The number of nitrogens with zero attached hydrogens (tertiary/aromatic N) is 9. The van der Waals surface area contributed by atoms with Gasteiger partial charge < -0.3 is 26.1 Å². The van der Waals surface area contributed by atoms with Gasteiger partial charge in [-0.05, 0) is 81.8 Å². The van der Waals surface area contributed by atoms with Crippen molar-refractivity contribution in [3.63, 3.8) is 0 Å². The van der Waals surface area contributed by atoms with Gasteiger partial charge in [-0.3, -0.25) is 24.6 Å². The van der Waals surface area contributed by atoms with Crippen LogP contribution in [-0.4, -0.2) is 98.7 Å². The van der Waals surface area contributed by atoms with E-state index in [1.807, 2.05) is 39.1 Å². The molecule has 0 radical (unpaired) electrons. The number of aromatic nitrogens is 6. The van der Waals surface area contributed by atoms with Crippen molar-refractivity contribution in [2.75, 3.05) is 41.3 Å². The smallest absolute Gasteiger partial charge is 0.329 e. The molecule has 0 atom stereocenters. The van der Waals surface area contributed by atoms with Crippen molar-refractivity contribution in [1.82, 2.24) is 39.6 Å². The third kappa shape index (κ3) is 7.89. The number of nitrogens with one attached hydrogen (secondary N) is 3. The Morgan fingerprint density at radius 3 is 2.56 bits per heavy atom. The molecule has 2 aliphatic heterocycles. The Bertz CT molecular complexity index is 2910. The number of hydrogen-bond acceptors (Lipinski definition) is 14.